The van der Waals surface area contributed by atoms with Crippen molar-refractivity contribution in [3.05, 3.63) is 48.0 Å². The molecule has 0 aromatic heterocycles. The van der Waals surface area contributed by atoms with Crippen LogP contribution in [0.4, 0.5) is 0 Å². The second-order valence-corrected chi connectivity index (χ2v) is 3.63. The van der Waals surface area contributed by atoms with Crippen molar-refractivity contribution in [3.8, 4) is 0 Å². The van der Waals surface area contributed by atoms with Crippen LogP contribution in [0.3, 0.4) is 0 Å². The monoisotopic (exact) mass is 174 g/mol. The Hall–Kier alpha value is -1.08. The summed E-state index contributed by atoms with van der Waals surface area (Å²) in [6.45, 7) is 3.81. The highest BCUT2D eigenvalue weighted by Gasteiger charge is 2.22. The van der Waals surface area contributed by atoms with E-state index in [4.69, 9.17) is 0 Å². The van der Waals surface area contributed by atoms with Crippen LogP contribution in [0.2, 0.25) is 0 Å². The quantitative estimate of drug-likeness (QED) is 0.647. The molecule has 0 heterocycles. The van der Waals surface area contributed by atoms with Gasteiger partial charge in [-0.05, 0) is 24.0 Å². The van der Waals surface area contributed by atoms with Crippen molar-refractivity contribution >= 4 is 0 Å². The van der Waals surface area contributed by atoms with Gasteiger partial charge in [0.1, 0.15) is 0 Å². The fourth-order valence-corrected chi connectivity index (χ4v) is 2.06. The molecule has 0 saturated carbocycles. The van der Waals surface area contributed by atoms with Gasteiger partial charge in [-0.2, -0.15) is 0 Å². The number of rotatable bonds is 1. The molecule has 0 radical (unpaired) electrons. The minimum atomic E-state index is -0.196. The third-order valence-electron chi connectivity index (χ3n) is 2.72. The maximum atomic E-state index is 9.61. The molecule has 0 bridgehead atoms. The zero-order valence-corrected chi connectivity index (χ0v) is 7.61. The van der Waals surface area contributed by atoms with E-state index in [1.807, 2.05) is 18.2 Å². The van der Waals surface area contributed by atoms with Crippen molar-refractivity contribution in [2.75, 3.05) is 0 Å². The SMILES string of the molecule is C=CC1CC(O)Cc2ccccc21. The molecule has 0 spiro atoms. The van der Waals surface area contributed by atoms with Gasteiger partial charge in [0.15, 0.2) is 0 Å². The maximum absolute atomic E-state index is 9.61. The minimum Gasteiger partial charge on any atom is -0.393 e. The molecule has 0 fully saturated rings. The fraction of sp³-hybridized carbons (Fsp3) is 0.333. The van der Waals surface area contributed by atoms with E-state index >= 15 is 0 Å². The Bertz CT molecular complexity index is 317. The van der Waals surface area contributed by atoms with Gasteiger partial charge in [0.25, 0.3) is 0 Å². The van der Waals surface area contributed by atoms with Crippen LogP contribution in [0.25, 0.3) is 0 Å². The second-order valence-electron chi connectivity index (χ2n) is 3.63. The molecule has 1 N–H and O–H groups in total. The third kappa shape index (κ3) is 1.52. The van der Waals surface area contributed by atoms with Crippen LogP contribution in [0, 0.1) is 0 Å². The lowest BCUT2D eigenvalue weighted by molar-refractivity contribution is 0.153. The number of hydrogen-bond acceptors (Lipinski definition) is 1. The summed E-state index contributed by atoms with van der Waals surface area (Å²) in [5, 5.41) is 9.61. The van der Waals surface area contributed by atoms with E-state index in [1.165, 1.54) is 11.1 Å². The molecule has 68 valence electrons. The third-order valence-corrected chi connectivity index (χ3v) is 2.72. The average Bonchev–Trinajstić information content (AvgIpc) is 2.16. The lowest BCUT2D eigenvalue weighted by Crippen LogP contribution is -2.21. The Morgan fingerprint density at radius 2 is 2.15 bits per heavy atom. The first kappa shape index (κ1) is 8.52. The normalized spacial score (nSPS) is 26.5. The summed E-state index contributed by atoms with van der Waals surface area (Å²) in [4.78, 5) is 0. The van der Waals surface area contributed by atoms with E-state index in [1.54, 1.807) is 0 Å². The summed E-state index contributed by atoms with van der Waals surface area (Å²) >= 11 is 0. The van der Waals surface area contributed by atoms with Gasteiger partial charge in [0.05, 0.1) is 6.10 Å². The lowest BCUT2D eigenvalue weighted by Gasteiger charge is -2.26. The summed E-state index contributed by atoms with van der Waals surface area (Å²) in [5.74, 6) is 0.333. The summed E-state index contributed by atoms with van der Waals surface area (Å²) in [5.41, 5.74) is 2.61. The van der Waals surface area contributed by atoms with Gasteiger partial charge >= 0.3 is 0 Å². The van der Waals surface area contributed by atoms with Crippen molar-refractivity contribution in [1.82, 2.24) is 0 Å². The van der Waals surface area contributed by atoms with Gasteiger partial charge in [-0.25, -0.2) is 0 Å². The van der Waals surface area contributed by atoms with Gasteiger partial charge in [-0.15, -0.1) is 6.58 Å². The van der Waals surface area contributed by atoms with Crippen LogP contribution in [0.5, 0.6) is 0 Å². The zero-order valence-electron chi connectivity index (χ0n) is 7.61. The summed E-state index contributed by atoms with van der Waals surface area (Å²) in [6, 6.07) is 8.30. The maximum Gasteiger partial charge on any atom is 0.0589 e. The van der Waals surface area contributed by atoms with Crippen LogP contribution in [-0.4, -0.2) is 11.2 Å². The van der Waals surface area contributed by atoms with E-state index in [9.17, 15) is 5.11 Å². The van der Waals surface area contributed by atoms with Crippen LogP contribution in [0.1, 0.15) is 23.5 Å². The fourth-order valence-electron chi connectivity index (χ4n) is 2.06. The Balaban J connectivity index is 2.42. The molecule has 1 heteroatoms. The Morgan fingerprint density at radius 1 is 1.38 bits per heavy atom. The smallest absolute Gasteiger partial charge is 0.0589 e. The largest absolute Gasteiger partial charge is 0.393 e. The van der Waals surface area contributed by atoms with E-state index in [0.29, 0.717) is 5.92 Å². The van der Waals surface area contributed by atoms with Crippen LogP contribution in [0.15, 0.2) is 36.9 Å². The first-order valence-electron chi connectivity index (χ1n) is 4.69. The molecule has 0 amide bonds. The zero-order chi connectivity index (χ0) is 9.26. The molecule has 2 unspecified atom stereocenters. The number of allylic oxidation sites excluding steroid dienone is 1. The Labute approximate surface area is 78.7 Å². The van der Waals surface area contributed by atoms with Crippen LogP contribution >= 0.6 is 0 Å². The molecule has 1 aliphatic rings. The average molecular weight is 174 g/mol. The Kier molecular flexibility index (Phi) is 2.19. The second kappa shape index (κ2) is 3.35. The van der Waals surface area contributed by atoms with Gasteiger partial charge in [0.2, 0.25) is 0 Å². The van der Waals surface area contributed by atoms with Crippen molar-refractivity contribution in [2.24, 2.45) is 0 Å². The molecule has 2 atom stereocenters. The Morgan fingerprint density at radius 3 is 2.92 bits per heavy atom. The first-order valence-corrected chi connectivity index (χ1v) is 4.69. The van der Waals surface area contributed by atoms with Crippen LogP contribution in [-0.2, 0) is 6.42 Å². The van der Waals surface area contributed by atoms with E-state index in [2.05, 4.69) is 18.7 Å². The number of hydrogen-bond donors (Lipinski definition) is 1. The van der Waals surface area contributed by atoms with E-state index in [0.717, 1.165) is 12.8 Å². The molecule has 1 aromatic carbocycles. The lowest BCUT2D eigenvalue weighted by atomic mass is 9.81. The molecule has 1 aromatic rings. The van der Waals surface area contributed by atoms with Gasteiger partial charge < -0.3 is 5.11 Å². The van der Waals surface area contributed by atoms with Crippen molar-refractivity contribution < 1.29 is 5.11 Å². The summed E-state index contributed by atoms with van der Waals surface area (Å²) < 4.78 is 0. The van der Waals surface area contributed by atoms with Crippen LogP contribution < -0.4 is 0 Å². The highest BCUT2D eigenvalue weighted by atomic mass is 16.3. The topological polar surface area (TPSA) is 20.2 Å². The molecule has 0 aliphatic heterocycles. The highest BCUT2D eigenvalue weighted by molar-refractivity contribution is 5.35. The van der Waals surface area contributed by atoms with Crippen molar-refractivity contribution in [1.29, 1.82) is 0 Å². The number of fused-ring (bicyclic) bond motifs is 1. The molecule has 1 nitrogen and oxygen atoms in total. The summed E-state index contributed by atoms with van der Waals surface area (Å²) in [6.07, 6.45) is 3.35. The standard InChI is InChI=1S/C12H14O/c1-2-9-7-11(13)8-10-5-3-4-6-12(9)10/h2-6,9,11,13H,1,7-8H2. The summed E-state index contributed by atoms with van der Waals surface area (Å²) in [7, 11) is 0. The van der Waals surface area contributed by atoms with E-state index < -0.39 is 0 Å². The van der Waals surface area contributed by atoms with Crippen molar-refractivity contribution in [2.45, 2.75) is 24.9 Å². The molecule has 13 heavy (non-hydrogen) atoms. The minimum absolute atomic E-state index is 0.196. The van der Waals surface area contributed by atoms with Crippen molar-refractivity contribution in [3.63, 3.8) is 0 Å². The van der Waals surface area contributed by atoms with Gasteiger partial charge in [0, 0.05) is 5.92 Å². The molecular weight excluding hydrogens is 160 g/mol. The predicted molar refractivity (Wildman–Crippen MR) is 53.7 cm³/mol. The molecule has 0 saturated heterocycles. The van der Waals surface area contributed by atoms with E-state index in [-0.39, 0.29) is 6.10 Å². The first-order chi connectivity index (χ1) is 6.31. The predicted octanol–water partition coefficient (Wildman–Crippen LogP) is 2.26. The van der Waals surface area contributed by atoms with Gasteiger partial charge in [-0.1, -0.05) is 30.3 Å². The van der Waals surface area contributed by atoms with Gasteiger partial charge in [-0.3, -0.25) is 0 Å². The molecule has 2 rings (SSSR count). The highest BCUT2D eigenvalue weighted by Crippen LogP contribution is 2.31. The molecule has 1 aliphatic carbocycles. The number of benzene rings is 1. The molecular formula is C12H14O. The number of aliphatic hydroxyl groups excluding tert-OH is 1. The number of aliphatic hydroxyl groups is 1.